The lowest BCUT2D eigenvalue weighted by atomic mass is 9.98. The summed E-state index contributed by atoms with van der Waals surface area (Å²) in [5, 5.41) is 7.44. The van der Waals surface area contributed by atoms with E-state index < -0.39 is 5.50 Å². The molecule has 0 saturated carbocycles. The average Bonchev–Trinajstić information content (AvgIpc) is 3.75. The van der Waals surface area contributed by atoms with Crippen LogP contribution in [0.1, 0.15) is 58.0 Å². The third-order valence-electron chi connectivity index (χ3n) is 10.7. The molecule has 1 aliphatic heterocycles. The van der Waals surface area contributed by atoms with E-state index in [9.17, 15) is 0 Å². The van der Waals surface area contributed by atoms with E-state index in [-0.39, 0.29) is 11.9 Å². The number of anilines is 1. The fraction of sp³-hybridized carbons (Fsp3) is 0.286. The van der Waals surface area contributed by atoms with Crippen LogP contribution in [0.4, 0.5) is 5.69 Å². The molecule has 53 heavy (non-hydrogen) atoms. The van der Waals surface area contributed by atoms with Gasteiger partial charge in [0.15, 0.2) is 5.82 Å². The molecule has 2 atom stereocenters. The molecular weight excluding hydrogens is 705 g/mol. The largest absolute Gasteiger partial charge is 0.494 e. The number of aromatic nitrogens is 6. The van der Waals surface area contributed by atoms with Crippen LogP contribution in [0.5, 0.6) is 5.75 Å². The standard InChI is InChI=1S/C42H41Cl2N7O2/c1-23-19-29(20-24(2)37(23)43)53-18-9-13-31-30-11-8-12-32(36-25(3)47-49(7)26(36)4)38(30)50-27(5)40(44)51(42(52)39(31)50)35-22-48(6)34-15-14-28(21-33(34)35)41-45-16-10-17-46-41/h8,10-12,14-17,19-22,27,40H,9,13,18H2,1-7H3/t27?,40-/m0/s1. The van der Waals surface area contributed by atoms with E-state index in [4.69, 9.17) is 33.0 Å². The molecule has 9 nitrogen and oxygen atoms in total. The van der Waals surface area contributed by atoms with Gasteiger partial charge in [-0.1, -0.05) is 41.4 Å². The Morgan fingerprint density at radius 2 is 1.66 bits per heavy atom. The van der Waals surface area contributed by atoms with Gasteiger partial charge in [0.25, 0.3) is 5.91 Å². The Bertz CT molecular complexity index is 2540. The predicted octanol–water partition coefficient (Wildman–Crippen LogP) is 9.68. The number of carbonyl (C=O) groups is 1. The number of benzene rings is 3. The summed E-state index contributed by atoms with van der Waals surface area (Å²) in [7, 11) is 3.95. The minimum atomic E-state index is -0.676. The van der Waals surface area contributed by atoms with Gasteiger partial charge in [0.05, 0.1) is 29.5 Å². The number of ether oxygens (including phenoxy) is 1. The maximum absolute atomic E-state index is 15.2. The number of alkyl halides is 1. The van der Waals surface area contributed by atoms with Crippen molar-refractivity contribution in [1.29, 1.82) is 0 Å². The van der Waals surface area contributed by atoms with Crippen molar-refractivity contribution in [1.82, 2.24) is 28.9 Å². The molecule has 0 N–H and O–H groups in total. The monoisotopic (exact) mass is 745 g/mol. The molecule has 4 aromatic heterocycles. The Balaban J connectivity index is 1.27. The highest BCUT2D eigenvalue weighted by molar-refractivity contribution is 6.32. The molecule has 0 bridgehead atoms. The Labute approximate surface area is 318 Å². The first-order valence-electron chi connectivity index (χ1n) is 17.9. The van der Waals surface area contributed by atoms with Gasteiger partial charge in [-0.3, -0.25) is 14.4 Å². The fourth-order valence-electron chi connectivity index (χ4n) is 8.08. The molecule has 7 aromatic rings. The second-order valence-corrected chi connectivity index (χ2v) is 14.9. The molecule has 0 aliphatic carbocycles. The summed E-state index contributed by atoms with van der Waals surface area (Å²) in [6, 6.07) is 17.9. The van der Waals surface area contributed by atoms with E-state index in [0.717, 1.165) is 83.0 Å². The topological polar surface area (TPSA) is 83.0 Å². The number of para-hydroxylation sites is 1. The zero-order valence-corrected chi connectivity index (χ0v) is 32.4. The summed E-state index contributed by atoms with van der Waals surface area (Å²) in [6.45, 7) is 10.7. The highest BCUT2D eigenvalue weighted by Crippen LogP contribution is 2.46. The van der Waals surface area contributed by atoms with Gasteiger partial charge in [0.1, 0.15) is 16.9 Å². The Hall–Kier alpha value is -5.12. The molecule has 0 radical (unpaired) electrons. The number of aryl methyl sites for hydroxylation is 6. The van der Waals surface area contributed by atoms with E-state index >= 15 is 4.79 Å². The molecule has 270 valence electrons. The van der Waals surface area contributed by atoms with Crippen molar-refractivity contribution in [2.24, 2.45) is 14.1 Å². The van der Waals surface area contributed by atoms with E-state index in [1.807, 2.05) is 74.6 Å². The van der Waals surface area contributed by atoms with Gasteiger partial charge in [0.2, 0.25) is 0 Å². The molecule has 0 fully saturated rings. The van der Waals surface area contributed by atoms with Crippen LogP contribution in [0.2, 0.25) is 5.02 Å². The number of carbonyl (C=O) groups excluding carboxylic acids is 1. The fourth-order valence-corrected chi connectivity index (χ4v) is 8.49. The Morgan fingerprint density at radius 1 is 0.925 bits per heavy atom. The van der Waals surface area contributed by atoms with Crippen molar-refractivity contribution >= 4 is 56.6 Å². The summed E-state index contributed by atoms with van der Waals surface area (Å²) in [4.78, 5) is 26.0. The first-order valence-corrected chi connectivity index (χ1v) is 18.7. The van der Waals surface area contributed by atoms with Gasteiger partial charge < -0.3 is 13.9 Å². The zero-order chi connectivity index (χ0) is 37.3. The van der Waals surface area contributed by atoms with Crippen molar-refractivity contribution in [3.63, 3.8) is 0 Å². The quantitative estimate of drug-likeness (QED) is 0.0879. The zero-order valence-electron chi connectivity index (χ0n) is 30.9. The van der Waals surface area contributed by atoms with Crippen LogP contribution >= 0.6 is 23.2 Å². The molecule has 5 heterocycles. The molecule has 1 unspecified atom stereocenters. The predicted molar refractivity (Wildman–Crippen MR) is 213 cm³/mol. The SMILES string of the molecule is Cc1cc(OCCCc2c3n(c4c(-c5c(C)nn(C)c5C)cccc24)C(C)[C@@H](Cl)N(c2cn(C)c4ccc(-c5ncccn5)cc24)C3=O)cc(C)c1Cl. The van der Waals surface area contributed by atoms with Crippen LogP contribution < -0.4 is 9.64 Å². The molecule has 1 amide bonds. The minimum absolute atomic E-state index is 0.140. The number of nitrogens with zero attached hydrogens (tertiary/aromatic N) is 7. The number of amides is 1. The maximum Gasteiger partial charge on any atom is 0.276 e. The van der Waals surface area contributed by atoms with Crippen molar-refractivity contribution in [3.05, 3.63) is 112 Å². The summed E-state index contributed by atoms with van der Waals surface area (Å²) in [5.74, 6) is 1.26. The minimum Gasteiger partial charge on any atom is -0.494 e. The number of rotatable bonds is 8. The summed E-state index contributed by atoms with van der Waals surface area (Å²) in [5.41, 5.74) is 10.6. The van der Waals surface area contributed by atoms with E-state index in [1.165, 1.54) is 0 Å². The van der Waals surface area contributed by atoms with Crippen LogP contribution in [-0.4, -0.2) is 46.9 Å². The molecule has 3 aromatic carbocycles. The van der Waals surface area contributed by atoms with Crippen LogP contribution in [-0.2, 0) is 20.5 Å². The molecule has 0 saturated heterocycles. The van der Waals surface area contributed by atoms with Crippen LogP contribution in [0.3, 0.4) is 0 Å². The Morgan fingerprint density at radius 3 is 2.36 bits per heavy atom. The van der Waals surface area contributed by atoms with Crippen LogP contribution in [0.15, 0.2) is 73.2 Å². The lowest BCUT2D eigenvalue weighted by Crippen LogP contribution is -2.47. The summed E-state index contributed by atoms with van der Waals surface area (Å²) < 4.78 is 12.4. The summed E-state index contributed by atoms with van der Waals surface area (Å²) in [6.07, 6.45) is 6.78. The lowest BCUT2D eigenvalue weighted by molar-refractivity contribution is 0.0951. The maximum atomic E-state index is 15.2. The third kappa shape index (κ3) is 5.68. The van der Waals surface area contributed by atoms with Gasteiger partial charge in [-0.25, -0.2) is 9.97 Å². The molecule has 1 aliphatic rings. The van der Waals surface area contributed by atoms with E-state index in [2.05, 4.69) is 52.6 Å². The molecule has 8 rings (SSSR count). The van der Waals surface area contributed by atoms with Crippen LogP contribution in [0.25, 0.3) is 44.3 Å². The number of fused-ring (bicyclic) bond motifs is 4. The van der Waals surface area contributed by atoms with Crippen molar-refractivity contribution < 1.29 is 9.53 Å². The second-order valence-electron chi connectivity index (χ2n) is 14.1. The Kier molecular flexibility index (Phi) is 8.82. The molecule has 11 heteroatoms. The van der Waals surface area contributed by atoms with E-state index in [1.54, 1.807) is 23.4 Å². The van der Waals surface area contributed by atoms with Crippen molar-refractivity contribution in [2.75, 3.05) is 11.5 Å². The van der Waals surface area contributed by atoms with Gasteiger partial charge in [0, 0.05) is 76.4 Å². The first kappa shape index (κ1) is 34.9. The lowest BCUT2D eigenvalue weighted by Gasteiger charge is -2.38. The van der Waals surface area contributed by atoms with E-state index in [0.29, 0.717) is 31.0 Å². The number of hydrogen-bond acceptors (Lipinski definition) is 5. The summed E-state index contributed by atoms with van der Waals surface area (Å²) >= 11 is 13.9. The smallest absolute Gasteiger partial charge is 0.276 e. The highest BCUT2D eigenvalue weighted by Gasteiger charge is 2.42. The second kappa shape index (κ2) is 13.4. The average molecular weight is 747 g/mol. The molecule has 0 spiro atoms. The van der Waals surface area contributed by atoms with Gasteiger partial charge in [-0.15, -0.1) is 0 Å². The van der Waals surface area contributed by atoms with Crippen molar-refractivity contribution in [3.8, 4) is 28.3 Å². The number of hydrogen-bond donors (Lipinski definition) is 0. The first-order chi connectivity index (χ1) is 25.5. The highest BCUT2D eigenvalue weighted by atomic mass is 35.5. The van der Waals surface area contributed by atoms with Gasteiger partial charge in [-0.05, 0) is 101 Å². The third-order valence-corrected chi connectivity index (χ3v) is 11.8. The van der Waals surface area contributed by atoms with Crippen LogP contribution in [0, 0.1) is 27.7 Å². The van der Waals surface area contributed by atoms with Gasteiger partial charge in [-0.2, -0.15) is 5.10 Å². The normalized spacial score (nSPS) is 15.9. The van der Waals surface area contributed by atoms with Crippen molar-refractivity contribution in [2.45, 2.75) is 59.0 Å². The molecular formula is C42H41Cl2N7O2. The number of halogens is 2. The van der Waals surface area contributed by atoms with Gasteiger partial charge >= 0.3 is 0 Å².